The van der Waals surface area contributed by atoms with Crippen molar-refractivity contribution in [2.24, 2.45) is 0 Å². The van der Waals surface area contributed by atoms with E-state index < -0.39 is 0 Å². The molecular weight excluding hydrogens is 240 g/mol. The number of carbonyl (C=O) groups excluding carboxylic acids is 1. The molecule has 2 aromatic rings. The number of aromatic nitrogens is 2. The molecule has 0 fully saturated rings. The number of methoxy groups -OCH3 is 1. The maximum atomic E-state index is 11.7. The number of anilines is 2. The minimum atomic E-state index is -0.340. The van der Waals surface area contributed by atoms with Gasteiger partial charge in [0.2, 0.25) is 10.1 Å². The van der Waals surface area contributed by atoms with E-state index in [2.05, 4.69) is 15.5 Å². The Bertz CT molecular complexity index is 541. The monoisotopic (exact) mass is 250 g/mol. The van der Waals surface area contributed by atoms with E-state index in [1.165, 1.54) is 0 Å². The van der Waals surface area contributed by atoms with Crippen LogP contribution in [0.15, 0.2) is 24.3 Å². The summed E-state index contributed by atoms with van der Waals surface area (Å²) < 4.78 is 5.05. The molecule has 0 bridgehead atoms. The van der Waals surface area contributed by atoms with Crippen LogP contribution in [0.5, 0.6) is 5.75 Å². The first-order chi connectivity index (χ1) is 8.19. The Kier molecular flexibility index (Phi) is 3.20. The molecule has 0 unspecified atom stereocenters. The van der Waals surface area contributed by atoms with Gasteiger partial charge in [0.05, 0.1) is 7.11 Å². The number of nitrogen functional groups attached to an aromatic ring is 1. The molecule has 0 radical (unpaired) electrons. The van der Waals surface area contributed by atoms with Crippen molar-refractivity contribution in [1.29, 1.82) is 0 Å². The first-order valence-electron chi connectivity index (χ1n) is 4.73. The van der Waals surface area contributed by atoms with E-state index in [9.17, 15) is 4.79 Å². The molecule has 0 aliphatic carbocycles. The highest BCUT2D eigenvalue weighted by molar-refractivity contribution is 7.16. The zero-order valence-corrected chi connectivity index (χ0v) is 9.82. The number of ether oxygens (including phenoxy) is 1. The van der Waals surface area contributed by atoms with Gasteiger partial charge in [0, 0.05) is 11.8 Å². The normalized spacial score (nSPS) is 9.94. The van der Waals surface area contributed by atoms with Crippen molar-refractivity contribution in [2.75, 3.05) is 18.2 Å². The maximum absolute atomic E-state index is 11.7. The predicted molar refractivity (Wildman–Crippen MR) is 65.3 cm³/mol. The molecule has 0 aliphatic rings. The molecule has 0 spiro atoms. The summed E-state index contributed by atoms with van der Waals surface area (Å²) >= 11 is 1.04. The fourth-order valence-corrected chi connectivity index (χ4v) is 1.72. The van der Waals surface area contributed by atoms with Gasteiger partial charge in [-0.15, -0.1) is 10.2 Å². The van der Waals surface area contributed by atoms with Crippen LogP contribution in [0.25, 0.3) is 0 Å². The summed E-state index contributed by atoms with van der Waals surface area (Å²) in [5, 5.41) is 10.4. The first kappa shape index (κ1) is 11.3. The quantitative estimate of drug-likeness (QED) is 0.858. The lowest BCUT2D eigenvalue weighted by Crippen LogP contribution is -2.11. The second kappa shape index (κ2) is 4.79. The smallest absolute Gasteiger partial charge is 0.286 e. The Morgan fingerprint density at radius 2 is 2.29 bits per heavy atom. The van der Waals surface area contributed by atoms with E-state index in [0.29, 0.717) is 11.4 Å². The lowest BCUT2D eigenvalue weighted by molar-refractivity contribution is 0.102. The van der Waals surface area contributed by atoms with Gasteiger partial charge in [-0.2, -0.15) is 0 Å². The Hall–Kier alpha value is -2.15. The van der Waals surface area contributed by atoms with E-state index in [1.54, 1.807) is 31.4 Å². The van der Waals surface area contributed by atoms with Gasteiger partial charge in [-0.1, -0.05) is 17.4 Å². The third-order valence-corrected chi connectivity index (χ3v) is 2.71. The number of benzene rings is 1. The molecule has 1 amide bonds. The van der Waals surface area contributed by atoms with Gasteiger partial charge < -0.3 is 15.8 Å². The average molecular weight is 250 g/mol. The summed E-state index contributed by atoms with van der Waals surface area (Å²) in [6.07, 6.45) is 0. The van der Waals surface area contributed by atoms with Crippen LogP contribution in [0, 0.1) is 0 Å². The molecule has 88 valence electrons. The fraction of sp³-hybridized carbons (Fsp3) is 0.100. The summed E-state index contributed by atoms with van der Waals surface area (Å²) in [5.41, 5.74) is 6.03. The molecule has 1 aromatic carbocycles. The van der Waals surface area contributed by atoms with Crippen molar-refractivity contribution in [3.8, 4) is 5.75 Å². The molecule has 2 rings (SSSR count). The van der Waals surface area contributed by atoms with Gasteiger partial charge >= 0.3 is 0 Å². The van der Waals surface area contributed by atoms with E-state index in [0.717, 1.165) is 11.3 Å². The third kappa shape index (κ3) is 2.70. The SMILES string of the molecule is COc1cccc(NC(=O)c2nnc(N)s2)c1. The topological polar surface area (TPSA) is 90.1 Å². The highest BCUT2D eigenvalue weighted by atomic mass is 32.1. The molecule has 7 heteroatoms. The van der Waals surface area contributed by atoms with Crippen molar-refractivity contribution in [3.63, 3.8) is 0 Å². The van der Waals surface area contributed by atoms with Gasteiger partial charge in [0.25, 0.3) is 5.91 Å². The molecule has 6 nitrogen and oxygen atoms in total. The van der Waals surface area contributed by atoms with Crippen LogP contribution in [0.4, 0.5) is 10.8 Å². The van der Waals surface area contributed by atoms with Crippen LogP contribution in [0.1, 0.15) is 9.80 Å². The molecule has 0 atom stereocenters. The number of hydrogen-bond donors (Lipinski definition) is 2. The predicted octanol–water partition coefficient (Wildman–Crippen LogP) is 1.38. The van der Waals surface area contributed by atoms with Crippen LogP contribution in [0.2, 0.25) is 0 Å². The molecule has 1 heterocycles. The number of amides is 1. The van der Waals surface area contributed by atoms with Crippen LogP contribution in [-0.2, 0) is 0 Å². The van der Waals surface area contributed by atoms with Crippen molar-refractivity contribution in [2.45, 2.75) is 0 Å². The lowest BCUT2D eigenvalue weighted by Gasteiger charge is -2.04. The van der Waals surface area contributed by atoms with Crippen molar-refractivity contribution in [1.82, 2.24) is 10.2 Å². The summed E-state index contributed by atoms with van der Waals surface area (Å²) in [4.78, 5) is 11.7. The van der Waals surface area contributed by atoms with Gasteiger partial charge in [-0.3, -0.25) is 4.79 Å². The second-order valence-electron chi connectivity index (χ2n) is 3.13. The van der Waals surface area contributed by atoms with Gasteiger partial charge in [-0.25, -0.2) is 0 Å². The number of rotatable bonds is 3. The van der Waals surface area contributed by atoms with Gasteiger partial charge in [0.15, 0.2) is 0 Å². The van der Waals surface area contributed by atoms with E-state index in [4.69, 9.17) is 10.5 Å². The number of nitrogens with zero attached hydrogens (tertiary/aromatic N) is 2. The number of hydrogen-bond acceptors (Lipinski definition) is 6. The molecule has 0 saturated carbocycles. The average Bonchev–Trinajstić information content (AvgIpc) is 2.76. The largest absolute Gasteiger partial charge is 0.497 e. The minimum Gasteiger partial charge on any atom is -0.497 e. The fourth-order valence-electron chi connectivity index (χ4n) is 1.21. The molecule has 3 N–H and O–H groups in total. The molecule has 17 heavy (non-hydrogen) atoms. The van der Waals surface area contributed by atoms with Crippen LogP contribution in [0.3, 0.4) is 0 Å². The van der Waals surface area contributed by atoms with Crippen molar-refractivity contribution >= 4 is 28.1 Å². The number of nitrogens with two attached hydrogens (primary N) is 1. The molecule has 0 aliphatic heterocycles. The highest BCUT2D eigenvalue weighted by Crippen LogP contribution is 2.18. The Morgan fingerprint density at radius 1 is 1.47 bits per heavy atom. The second-order valence-corrected chi connectivity index (χ2v) is 4.14. The number of nitrogens with one attached hydrogen (secondary N) is 1. The highest BCUT2D eigenvalue weighted by Gasteiger charge is 2.11. The molecular formula is C10H10N4O2S. The zero-order valence-electron chi connectivity index (χ0n) is 9.01. The van der Waals surface area contributed by atoms with Crippen molar-refractivity contribution < 1.29 is 9.53 Å². The lowest BCUT2D eigenvalue weighted by atomic mass is 10.3. The Balaban J connectivity index is 2.12. The summed E-state index contributed by atoms with van der Waals surface area (Å²) in [7, 11) is 1.56. The first-order valence-corrected chi connectivity index (χ1v) is 5.55. The zero-order chi connectivity index (χ0) is 12.3. The van der Waals surface area contributed by atoms with Crippen LogP contribution in [-0.4, -0.2) is 23.2 Å². The summed E-state index contributed by atoms with van der Waals surface area (Å²) in [6.45, 7) is 0. The maximum Gasteiger partial charge on any atom is 0.286 e. The molecule has 0 saturated heterocycles. The van der Waals surface area contributed by atoms with E-state index in [1.807, 2.05) is 0 Å². The Labute approximate surface area is 101 Å². The summed E-state index contributed by atoms with van der Waals surface area (Å²) in [5.74, 6) is 0.326. The standard InChI is InChI=1S/C10H10N4O2S/c1-16-7-4-2-3-6(5-7)12-8(15)9-13-14-10(11)17-9/h2-5H,1H3,(H2,11,14)(H,12,15). The van der Waals surface area contributed by atoms with Gasteiger partial charge in [0.1, 0.15) is 5.75 Å². The minimum absolute atomic E-state index is 0.227. The van der Waals surface area contributed by atoms with Crippen LogP contribution < -0.4 is 15.8 Å². The molecule has 1 aromatic heterocycles. The third-order valence-electron chi connectivity index (χ3n) is 1.96. The van der Waals surface area contributed by atoms with E-state index in [-0.39, 0.29) is 16.0 Å². The van der Waals surface area contributed by atoms with Gasteiger partial charge in [-0.05, 0) is 12.1 Å². The summed E-state index contributed by atoms with van der Waals surface area (Å²) in [6, 6.07) is 7.04. The number of carbonyl (C=O) groups is 1. The van der Waals surface area contributed by atoms with E-state index >= 15 is 0 Å². The van der Waals surface area contributed by atoms with Crippen LogP contribution >= 0.6 is 11.3 Å². The Morgan fingerprint density at radius 3 is 2.94 bits per heavy atom. The van der Waals surface area contributed by atoms with Crippen molar-refractivity contribution in [3.05, 3.63) is 29.3 Å².